The Morgan fingerprint density at radius 1 is 0.655 bits per heavy atom. The number of aromatic nitrogens is 1. The number of pyridine rings is 1. The molecule has 0 spiro atoms. The third-order valence-corrected chi connectivity index (χ3v) is 4.62. The van der Waals surface area contributed by atoms with E-state index in [1.54, 1.807) is 0 Å². The Hall–Kier alpha value is -3.78. The van der Waals surface area contributed by atoms with E-state index in [0.29, 0.717) is 0 Å². The van der Waals surface area contributed by atoms with E-state index in [4.69, 9.17) is 4.99 Å². The molecule has 1 unspecified atom stereocenters. The lowest BCUT2D eigenvalue weighted by Gasteiger charge is -2.13. The Morgan fingerprint density at radius 3 is 1.76 bits per heavy atom. The molecule has 2 heteroatoms. The maximum Gasteiger partial charge on any atom is 0.111 e. The number of hydrogen-bond donors (Lipinski definition) is 0. The fraction of sp³-hybridized carbons (Fsp3) is 0.0370. The molecular weight excluding hydrogens is 352 g/mol. The van der Waals surface area contributed by atoms with Crippen LogP contribution in [-0.4, -0.2) is 10.7 Å². The topological polar surface area (TPSA) is 25.2 Å². The summed E-state index contributed by atoms with van der Waals surface area (Å²) in [5.41, 5.74) is 5.20. The van der Waals surface area contributed by atoms with Gasteiger partial charge >= 0.3 is 0 Å². The van der Waals surface area contributed by atoms with Gasteiger partial charge in [-0.15, -0.1) is 0 Å². The first kappa shape index (κ1) is 18.6. The molecule has 1 heterocycles. The van der Waals surface area contributed by atoms with E-state index < -0.39 is 0 Å². The molecule has 0 radical (unpaired) electrons. The molecule has 2 nitrogen and oxygen atoms in total. The number of nitrogens with zero attached hydrogens (tertiary/aromatic N) is 2. The maximum atomic E-state index is 5.17. The molecule has 0 saturated heterocycles. The van der Waals surface area contributed by atoms with Gasteiger partial charge in [-0.1, -0.05) is 109 Å². The molecule has 0 fully saturated rings. The van der Waals surface area contributed by atoms with Crippen LogP contribution in [0.2, 0.25) is 0 Å². The normalized spacial score (nSPS) is 11.9. The minimum absolute atomic E-state index is 0.188. The summed E-state index contributed by atoms with van der Waals surface area (Å²) in [6.45, 7) is 0. The first-order valence-electron chi connectivity index (χ1n) is 9.73. The molecule has 0 aliphatic rings. The molecule has 1 aromatic heterocycles. The van der Waals surface area contributed by atoms with Crippen molar-refractivity contribution in [2.75, 3.05) is 0 Å². The monoisotopic (exact) mass is 374 g/mol. The van der Waals surface area contributed by atoms with Gasteiger partial charge in [-0.05, 0) is 17.7 Å². The van der Waals surface area contributed by atoms with Crippen molar-refractivity contribution in [3.63, 3.8) is 0 Å². The lowest BCUT2D eigenvalue weighted by atomic mass is 10.0. The van der Waals surface area contributed by atoms with Crippen LogP contribution in [0.1, 0.15) is 28.4 Å². The van der Waals surface area contributed by atoms with E-state index in [2.05, 4.69) is 53.5 Å². The van der Waals surface area contributed by atoms with Gasteiger partial charge in [-0.2, -0.15) is 0 Å². The van der Waals surface area contributed by atoms with Gasteiger partial charge in [0, 0.05) is 17.3 Å². The average Bonchev–Trinajstić information content (AvgIpc) is 2.82. The van der Waals surface area contributed by atoms with Gasteiger partial charge in [-0.3, -0.25) is 9.98 Å². The first-order valence-corrected chi connectivity index (χ1v) is 9.73. The van der Waals surface area contributed by atoms with Crippen molar-refractivity contribution in [1.82, 2.24) is 4.98 Å². The minimum atomic E-state index is -0.188. The van der Waals surface area contributed by atoms with E-state index in [9.17, 15) is 0 Å². The van der Waals surface area contributed by atoms with E-state index in [1.807, 2.05) is 79.0 Å². The van der Waals surface area contributed by atoms with E-state index in [0.717, 1.165) is 28.1 Å². The number of aliphatic imine (C=N–C) groups is 1. The third-order valence-electron chi connectivity index (χ3n) is 4.62. The van der Waals surface area contributed by atoms with Crippen LogP contribution in [0.4, 0.5) is 0 Å². The Bertz CT molecular complexity index is 1030. The molecule has 1 atom stereocenters. The van der Waals surface area contributed by atoms with Crippen molar-refractivity contribution in [2.45, 2.75) is 6.04 Å². The van der Waals surface area contributed by atoms with Crippen molar-refractivity contribution >= 4 is 11.8 Å². The van der Waals surface area contributed by atoms with Crippen LogP contribution in [0.25, 0.3) is 6.08 Å². The summed E-state index contributed by atoms with van der Waals surface area (Å²) in [7, 11) is 0. The number of rotatable bonds is 6. The van der Waals surface area contributed by atoms with Gasteiger partial charge in [0.1, 0.15) is 6.04 Å². The smallest absolute Gasteiger partial charge is 0.111 e. The van der Waals surface area contributed by atoms with Gasteiger partial charge < -0.3 is 0 Å². The molecule has 0 aliphatic heterocycles. The van der Waals surface area contributed by atoms with Crippen LogP contribution in [-0.2, 0) is 0 Å². The quantitative estimate of drug-likeness (QED) is 0.360. The highest BCUT2D eigenvalue weighted by molar-refractivity contribution is 6.13. The van der Waals surface area contributed by atoms with Crippen LogP contribution < -0.4 is 0 Å². The summed E-state index contributed by atoms with van der Waals surface area (Å²) >= 11 is 0. The molecule has 29 heavy (non-hydrogen) atoms. The SMILES string of the molecule is C(=C\C(N=C(c1ccccc1)c1ccccc1)c1ccccn1)/c1ccccc1. The predicted octanol–water partition coefficient (Wildman–Crippen LogP) is 6.37. The molecule has 140 valence electrons. The zero-order chi connectivity index (χ0) is 19.7. The van der Waals surface area contributed by atoms with Crippen molar-refractivity contribution in [3.8, 4) is 0 Å². The zero-order valence-corrected chi connectivity index (χ0v) is 16.1. The van der Waals surface area contributed by atoms with Gasteiger partial charge in [0.2, 0.25) is 0 Å². The zero-order valence-electron chi connectivity index (χ0n) is 16.1. The second-order valence-corrected chi connectivity index (χ2v) is 6.68. The van der Waals surface area contributed by atoms with Crippen LogP contribution in [0.15, 0.2) is 126 Å². The van der Waals surface area contributed by atoms with Gasteiger partial charge in [0.05, 0.1) is 11.4 Å². The lowest BCUT2D eigenvalue weighted by Crippen LogP contribution is -2.07. The predicted molar refractivity (Wildman–Crippen MR) is 121 cm³/mol. The highest BCUT2D eigenvalue weighted by Crippen LogP contribution is 2.22. The maximum absolute atomic E-state index is 5.17. The fourth-order valence-electron chi connectivity index (χ4n) is 3.17. The van der Waals surface area contributed by atoms with Crippen LogP contribution in [0.3, 0.4) is 0 Å². The summed E-state index contributed by atoms with van der Waals surface area (Å²) in [4.78, 5) is 9.74. The second kappa shape index (κ2) is 9.43. The van der Waals surface area contributed by atoms with Crippen molar-refractivity contribution in [2.24, 2.45) is 4.99 Å². The molecule has 0 saturated carbocycles. The highest BCUT2D eigenvalue weighted by Gasteiger charge is 2.12. The number of hydrogen-bond acceptors (Lipinski definition) is 2. The van der Waals surface area contributed by atoms with E-state index in [1.165, 1.54) is 0 Å². The highest BCUT2D eigenvalue weighted by atomic mass is 14.8. The molecule has 0 amide bonds. The largest absolute Gasteiger partial charge is 0.270 e. The summed E-state index contributed by atoms with van der Waals surface area (Å²) in [5, 5.41) is 0. The summed E-state index contributed by atoms with van der Waals surface area (Å²) in [6.07, 6.45) is 6.04. The molecular formula is C27H22N2. The molecule has 0 bridgehead atoms. The van der Waals surface area contributed by atoms with Gasteiger partial charge in [0.25, 0.3) is 0 Å². The van der Waals surface area contributed by atoms with Crippen LogP contribution in [0.5, 0.6) is 0 Å². The molecule has 4 rings (SSSR count). The summed E-state index contributed by atoms with van der Waals surface area (Å²) in [5.74, 6) is 0. The Labute approximate surface area is 171 Å². The summed E-state index contributed by atoms with van der Waals surface area (Å²) in [6, 6.07) is 36.7. The van der Waals surface area contributed by atoms with Gasteiger partial charge in [-0.25, -0.2) is 0 Å². The Morgan fingerprint density at radius 2 is 1.21 bits per heavy atom. The van der Waals surface area contributed by atoms with Crippen LogP contribution >= 0.6 is 0 Å². The minimum Gasteiger partial charge on any atom is -0.270 e. The van der Waals surface area contributed by atoms with Crippen molar-refractivity contribution in [1.29, 1.82) is 0 Å². The van der Waals surface area contributed by atoms with Crippen molar-refractivity contribution in [3.05, 3.63) is 144 Å². The molecule has 4 aromatic rings. The fourth-order valence-corrected chi connectivity index (χ4v) is 3.17. The third kappa shape index (κ3) is 4.94. The van der Waals surface area contributed by atoms with Gasteiger partial charge in [0.15, 0.2) is 0 Å². The molecule has 3 aromatic carbocycles. The van der Waals surface area contributed by atoms with E-state index >= 15 is 0 Å². The Kier molecular flexibility index (Phi) is 6.04. The van der Waals surface area contributed by atoms with Crippen molar-refractivity contribution < 1.29 is 0 Å². The van der Waals surface area contributed by atoms with E-state index in [-0.39, 0.29) is 6.04 Å². The molecule has 0 aliphatic carbocycles. The molecule has 0 N–H and O–H groups in total. The second-order valence-electron chi connectivity index (χ2n) is 6.68. The number of benzene rings is 3. The van der Waals surface area contributed by atoms with Crippen LogP contribution in [0, 0.1) is 0 Å². The lowest BCUT2D eigenvalue weighted by molar-refractivity contribution is 0.867. The standard InChI is InChI=1S/C27H22N2/c1-4-12-22(13-5-1)19-20-26(25-18-10-11-21-28-25)29-27(23-14-6-2-7-15-23)24-16-8-3-9-17-24/h1-21,26H/b20-19+. The average molecular weight is 374 g/mol. The summed E-state index contributed by atoms with van der Waals surface area (Å²) < 4.78 is 0. The first-order chi connectivity index (χ1) is 14.4. The Balaban J connectivity index is 1.81.